The summed E-state index contributed by atoms with van der Waals surface area (Å²) in [6.45, 7) is 5.81. The third kappa shape index (κ3) is 2.93. The van der Waals surface area contributed by atoms with Crippen molar-refractivity contribution in [2.75, 3.05) is 12.9 Å². The summed E-state index contributed by atoms with van der Waals surface area (Å²) in [5, 5.41) is 0.669. The largest absolute Gasteiger partial charge is 0.279 e. The van der Waals surface area contributed by atoms with E-state index in [4.69, 9.17) is 4.84 Å². The van der Waals surface area contributed by atoms with Gasteiger partial charge >= 0.3 is 0 Å². The molecule has 0 bridgehead atoms. The first-order valence-electron chi connectivity index (χ1n) is 4.91. The number of nitrogens with zero attached hydrogens (tertiary/aromatic N) is 2. The average Bonchev–Trinajstić information content (AvgIpc) is 2.24. The van der Waals surface area contributed by atoms with Crippen LogP contribution in [0.15, 0.2) is 5.03 Å². The predicted molar refractivity (Wildman–Crippen MR) is 62.4 cm³/mol. The molecule has 1 rings (SSSR count). The molecule has 1 amide bonds. The van der Waals surface area contributed by atoms with E-state index in [9.17, 15) is 4.79 Å². The van der Waals surface area contributed by atoms with Crippen molar-refractivity contribution in [3.63, 3.8) is 0 Å². The molecule has 5 nitrogen and oxygen atoms in total. The number of hydrogen-bond donors (Lipinski definition) is 1. The molecule has 0 unspecified atom stereocenters. The van der Waals surface area contributed by atoms with E-state index in [1.165, 1.54) is 11.8 Å². The summed E-state index contributed by atoms with van der Waals surface area (Å²) in [5.74, 6) is 0.360. The SMILES string of the molecule is CCONC(=O)c1c(C)nc(C)nc1SC. The number of aryl methyl sites for hydroxylation is 2. The minimum Gasteiger partial charge on any atom is -0.274 e. The fourth-order valence-corrected chi connectivity index (χ4v) is 1.95. The molecular formula is C10H15N3O2S. The van der Waals surface area contributed by atoms with E-state index in [1.54, 1.807) is 20.8 Å². The number of rotatable bonds is 4. The van der Waals surface area contributed by atoms with Crippen molar-refractivity contribution in [1.82, 2.24) is 15.4 Å². The Kier molecular flexibility index (Phi) is 4.70. The number of hydroxylamine groups is 1. The van der Waals surface area contributed by atoms with Crippen molar-refractivity contribution < 1.29 is 9.63 Å². The van der Waals surface area contributed by atoms with Gasteiger partial charge in [-0.1, -0.05) is 0 Å². The molecule has 1 aromatic rings. The number of carbonyl (C=O) groups excluding carboxylic acids is 1. The van der Waals surface area contributed by atoms with Crippen LogP contribution in [0.3, 0.4) is 0 Å². The van der Waals surface area contributed by atoms with Gasteiger partial charge in [0.1, 0.15) is 10.9 Å². The van der Waals surface area contributed by atoms with E-state index in [-0.39, 0.29) is 5.91 Å². The van der Waals surface area contributed by atoms with Crippen molar-refractivity contribution in [3.05, 3.63) is 17.1 Å². The Morgan fingerprint density at radius 1 is 1.44 bits per heavy atom. The van der Waals surface area contributed by atoms with E-state index in [2.05, 4.69) is 15.4 Å². The highest BCUT2D eigenvalue weighted by molar-refractivity contribution is 7.98. The highest BCUT2D eigenvalue weighted by Crippen LogP contribution is 2.20. The molecule has 1 N–H and O–H groups in total. The van der Waals surface area contributed by atoms with Gasteiger partial charge in [0.25, 0.3) is 5.91 Å². The second-order valence-corrected chi connectivity index (χ2v) is 3.90. The highest BCUT2D eigenvalue weighted by Gasteiger charge is 2.17. The minimum atomic E-state index is -0.302. The van der Waals surface area contributed by atoms with Crippen LogP contribution in [0.1, 0.15) is 28.8 Å². The standard InChI is InChI=1S/C10H15N3O2S/c1-5-15-13-9(14)8-6(2)11-7(3)12-10(8)16-4/h5H2,1-4H3,(H,13,14). The summed E-state index contributed by atoms with van der Waals surface area (Å²) < 4.78 is 0. The van der Waals surface area contributed by atoms with Crippen molar-refractivity contribution in [1.29, 1.82) is 0 Å². The molecular weight excluding hydrogens is 226 g/mol. The topological polar surface area (TPSA) is 64.1 Å². The number of aromatic nitrogens is 2. The molecule has 1 aromatic heterocycles. The molecule has 0 spiro atoms. The summed E-state index contributed by atoms with van der Waals surface area (Å²) in [7, 11) is 0. The quantitative estimate of drug-likeness (QED) is 0.491. The normalized spacial score (nSPS) is 10.2. The number of carbonyl (C=O) groups is 1. The molecule has 6 heteroatoms. The number of nitrogens with one attached hydrogen (secondary N) is 1. The predicted octanol–water partition coefficient (Wildman–Crippen LogP) is 1.50. The lowest BCUT2D eigenvalue weighted by Crippen LogP contribution is -2.26. The Morgan fingerprint density at radius 2 is 2.12 bits per heavy atom. The lowest BCUT2D eigenvalue weighted by Gasteiger charge is -2.10. The van der Waals surface area contributed by atoms with Crippen LogP contribution in [-0.4, -0.2) is 28.7 Å². The first-order chi connectivity index (χ1) is 7.60. The van der Waals surface area contributed by atoms with E-state index >= 15 is 0 Å². The van der Waals surface area contributed by atoms with Gasteiger partial charge in [-0.05, 0) is 27.0 Å². The molecule has 0 saturated heterocycles. The van der Waals surface area contributed by atoms with Gasteiger partial charge < -0.3 is 0 Å². The Hall–Kier alpha value is -1.14. The maximum absolute atomic E-state index is 11.8. The minimum absolute atomic E-state index is 0.302. The zero-order valence-corrected chi connectivity index (χ0v) is 10.6. The number of amides is 1. The van der Waals surface area contributed by atoms with Crippen molar-refractivity contribution in [2.45, 2.75) is 25.8 Å². The Bertz CT molecular complexity index is 396. The Morgan fingerprint density at radius 3 is 2.69 bits per heavy atom. The van der Waals surface area contributed by atoms with E-state index in [0.717, 1.165) is 0 Å². The van der Waals surface area contributed by atoms with E-state index in [1.807, 2.05) is 6.26 Å². The molecule has 0 fully saturated rings. The molecule has 88 valence electrons. The monoisotopic (exact) mass is 241 g/mol. The van der Waals surface area contributed by atoms with Crippen LogP contribution in [0.2, 0.25) is 0 Å². The van der Waals surface area contributed by atoms with Crippen LogP contribution >= 0.6 is 11.8 Å². The molecule has 0 aromatic carbocycles. The van der Waals surface area contributed by atoms with Gasteiger partial charge in [-0.15, -0.1) is 11.8 Å². The summed E-state index contributed by atoms with van der Waals surface area (Å²) in [4.78, 5) is 25.0. The number of hydrogen-bond acceptors (Lipinski definition) is 5. The Labute approximate surface area is 99.0 Å². The van der Waals surface area contributed by atoms with Gasteiger partial charge in [0.05, 0.1) is 17.9 Å². The summed E-state index contributed by atoms with van der Waals surface area (Å²) in [5.41, 5.74) is 3.49. The van der Waals surface area contributed by atoms with Crippen LogP contribution in [0, 0.1) is 13.8 Å². The van der Waals surface area contributed by atoms with Crippen molar-refractivity contribution in [3.8, 4) is 0 Å². The van der Waals surface area contributed by atoms with Gasteiger partial charge in [0.2, 0.25) is 0 Å². The zero-order chi connectivity index (χ0) is 12.1. The maximum Gasteiger partial charge on any atom is 0.279 e. The fraction of sp³-hybridized carbons (Fsp3) is 0.500. The molecule has 0 radical (unpaired) electrons. The lowest BCUT2D eigenvalue weighted by molar-refractivity contribution is 0.0360. The third-order valence-corrected chi connectivity index (χ3v) is 2.58. The molecule has 0 atom stereocenters. The molecule has 0 aliphatic heterocycles. The molecule has 0 aliphatic rings. The fourth-order valence-electron chi connectivity index (χ4n) is 1.28. The summed E-state index contributed by atoms with van der Waals surface area (Å²) in [6.07, 6.45) is 1.87. The first kappa shape index (κ1) is 12.9. The van der Waals surface area contributed by atoms with Crippen LogP contribution in [0.5, 0.6) is 0 Å². The highest BCUT2D eigenvalue weighted by atomic mass is 32.2. The van der Waals surface area contributed by atoms with Gasteiger partial charge in [-0.25, -0.2) is 15.4 Å². The average molecular weight is 241 g/mol. The van der Waals surface area contributed by atoms with Crippen LogP contribution in [0.4, 0.5) is 0 Å². The Balaban J connectivity index is 3.06. The second kappa shape index (κ2) is 5.81. The van der Waals surface area contributed by atoms with E-state index in [0.29, 0.717) is 28.7 Å². The van der Waals surface area contributed by atoms with Crippen molar-refractivity contribution in [2.24, 2.45) is 0 Å². The van der Waals surface area contributed by atoms with Gasteiger partial charge in [-0.3, -0.25) is 9.63 Å². The molecule has 1 heterocycles. The van der Waals surface area contributed by atoms with Crippen LogP contribution < -0.4 is 5.48 Å². The van der Waals surface area contributed by atoms with Crippen LogP contribution in [-0.2, 0) is 4.84 Å². The third-order valence-electron chi connectivity index (χ3n) is 1.90. The molecule has 0 saturated carbocycles. The van der Waals surface area contributed by atoms with Crippen molar-refractivity contribution >= 4 is 17.7 Å². The summed E-state index contributed by atoms with van der Waals surface area (Å²) in [6, 6.07) is 0. The number of thioether (sulfide) groups is 1. The first-order valence-corrected chi connectivity index (χ1v) is 6.14. The van der Waals surface area contributed by atoms with Crippen LogP contribution in [0.25, 0.3) is 0 Å². The molecule has 16 heavy (non-hydrogen) atoms. The summed E-state index contributed by atoms with van der Waals surface area (Å²) >= 11 is 1.42. The van der Waals surface area contributed by atoms with Gasteiger partial charge in [-0.2, -0.15) is 0 Å². The second-order valence-electron chi connectivity index (χ2n) is 3.10. The van der Waals surface area contributed by atoms with E-state index < -0.39 is 0 Å². The van der Waals surface area contributed by atoms with Gasteiger partial charge in [0, 0.05) is 0 Å². The lowest BCUT2D eigenvalue weighted by atomic mass is 10.2. The zero-order valence-electron chi connectivity index (χ0n) is 9.83. The smallest absolute Gasteiger partial charge is 0.274 e. The van der Waals surface area contributed by atoms with Gasteiger partial charge in [0.15, 0.2) is 0 Å². The molecule has 0 aliphatic carbocycles. The maximum atomic E-state index is 11.8.